The van der Waals surface area contributed by atoms with Crippen LogP contribution in [0.4, 0.5) is 0 Å². The molecule has 1 aromatic heterocycles. The Morgan fingerprint density at radius 3 is 1.83 bits per heavy atom. The fourth-order valence-corrected chi connectivity index (χ4v) is 10.1. The van der Waals surface area contributed by atoms with Crippen LogP contribution in [0, 0.1) is 0 Å². The maximum Gasteiger partial charge on any atom is 0.0735 e. The Bertz CT molecular complexity index is 2740. The Kier molecular flexibility index (Phi) is 5.04. The van der Waals surface area contributed by atoms with Gasteiger partial charge in [0.25, 0.3) is 0 Å². The molecule has 8 aromatic carbocycles. The van der Waals surface area contributed by atoms with Crippen molar-refractivity contribution in [2.24, 2.45) is 0 Å². The monoisotopic (exact) mass is 613 g/mol. The normalized spacial score (nSPS) is 14.0. The van der Waals surface area contributed by atoms with Crippen molar-refractivity contribution in [3.05, 3.63) is 186 Å². The first kappa shape index (κ1) is 25.6. The summed E-state index contributed by atoms with van der Waals surface area (Å²) >= 11 is 1.94. The van der Waals surface area contributed by atoms with Crippen LogP contribution in [-0.2, 0) is 5.41 Å². The zero-order chi connectivity index (χ0) is 30.7. The molecule has 47 heavy (non-hydrogen) atoms. The highest BCUT2D eigenvalue weighted by molar-refractivity contribution is 7.99. The van der Waals surface area contributed by atoms with Crippen LogP contribution in [0.15, 0.2) is 174 Å². The molecule has 218 valence electrons. The molecule has 0 N–H and O–H groups in total. The van der Waals surface area contributed by atoms with Crippen molar-refractivity contribution in [2.45, 2.75) is 15.2 Å². The third kappa shape index (κ3) is 3.21. The van der Waals surface area contributed by atoms with E-state index in [0.717, 1.165) is 0 Å². The van der Waals surface area contributed by atoms with Crippen molar-refractivity contribution in [3.63, 3.8) is 0 Å². The van der Waals surface area contributed by atoms with E-state index in [4.69, 9.17) is 0 Å². The second-order valence-corrected chi connectivity index (χ2v) is 13.9. The predicted octanol–water partition coefficient (Wildman–Crippen LogP) is 11.9. The van der Waals surface area contributed by atoms with Crippen LogP contribution in [0.1, 0.15) is 22.3 Å². The summed E-state index contributed by atoms with van der Waals surface area (Å²) in [5.74, 6) is 0. The van der Waals surface area contributed by atoms with Crippen molar-refractivity contribution in [2.75, 3.05) is 0 Å². The van der Waals surface area contributed by atoms with Crippen LogP contribution in [-0.4, -0.2) is 4.57 Å². The molecule has 0 atom stereocenters. The van der Waals surface area contributed by atoms with E-state index in [0.29, 0.717) is 0 Å². The Labute approximate surface area is 276 Å². The van der Waals surface area contributed by atoms with Gasteiger partial charge in [-0.2, -0.15) is 0 Å². The lowest BCUT2D eigenvalue weighted by atomic mass is 9.67. The fourth-order valence-electron chi connectivity index (χ4n) is 8.77. The number of fused-ring (bicyclic) bond motifs is 16. The average molecular weight is 614 g/mol. The maximum atomic E-state index is 2.49. The molecule has 2 heterocycles. The summed E-state index contributed by atoms with van der Waals surface area (Å²) in [7, 11) is 0. The van der Waals surface area contributed by atoms with E-state index < -0.39 is 5.41 Å². The van der Waals surface area contributed by atoms with Gasteiger partial charge < -0.3 is 4.57 Å². The van der Waals surface area contributed by atoms with Gasteiger partial charge in [-0.25, -0.2) is 0 Å². The van der Waals surface area contributed by atoms with Crippen LogP contribution < -0.4 is 0 Å². The first-order valence-electron chi connectivity index (χ1n) is 16.3. The lowest BCUT2D eigenvalue weighted by molar-refractivity contribution is 0.726. The van der Waals surface area contributed by atoms with E-state index in [2.05, 4.69) is 168 Å². The summed E-state index contributed by atoms with van der Waals surface area (Å²) in [5.41, 5.74) is 11.4. The third-order valence-electron chi connectivity index (χ3n) is 10.6. The minimum atomic E-state index is -0.402. The first-order valence-corrected chi connectivity index (χ1v) is 17.1. The maximum absolute atomic E-state index is 2.49. The van der Waals surface area contributed by atoms with Gasteiger partial charge in [0.05, 0.1) is 16.4 Å². The van der Waals surface area contributed by atoms with Crippen LogP contribution in [0.5, 0.6) is 0 Å². The van der Waals surface area contributed by atoms with Gasteiger partial charge in [0.15, 0.2) is 0 Å². The van der Waals surface area contributed by atoms with E-state index >= 15 is 0 Å². The lowest BCUT2D eigenvalue weighted by Gasteiger charge is -2.40. The number of rotatable bonds is 1. The smallest absolute Gasteiger partial charge is 0.0735 e. The molecule has 1 spiro atoms. The highest BCUT2D eigenvalue weighted by atomic mass is 32.2. The number of nitrogens with zero attached hydrogens (tertiary/aromatic N) is 1. The molecule has 0 amide bonds. The molecule has 0 fully saturated rings. The Hall–Kier alpha value is -5.57. The van der Waals surface area contributed by atoms with Gasteiger partial charge in [0.2, 0.25) is 0 Å². The molecular weight excluding hydrogens is 587 g/mol. The molecule has 0 saturated heterocycles. The first-order chi connectivity index (χ1) is 23.3. The Balaban J connectivity index is 1.34. The SMILES string of the molecule is c1ccc2c(c1)Sc1c(ccc3c1c1c4ccccc4ccc1n3-c1ccc3ccccc3c1)C21c2ccccc2-c2ccccc21. The highest BCUT2D eigenvalue weighted by Gasteiger charge is 2.50. The van der Waals surface area contributed by atoms with Gasteiger partial charge in [-0.05, 0) is 85.3 Å². The van der Waals surface area contributed by atoms with Gasteiger partial charge in [-0.1, -0.05) is 145 Å². The molecule has 0 radical (unpaired) electrons. The van der Waals surface area contributed by atoms with Crippen molar-refractivity contribution >= 4 is 55.1 Å². The van der Waals surface area contributed by atoms with Crippen molar-refractivity contribution in [3.8, 4) is 16.8 Å². The third-order valence-corrected chi connectivity index (χ3v) is 11.8. The van der Waals surface area contributed by atoms with E-state index in [1.807, 2.05) is 11.8 Å². The minimum absolute atomic E-state index is 0.402. The Morgan fingerprint density at radius 2 is 1.02 bits per heavy atom. The molecule has 1 aliphatic heterocycles. The van der Waals surface area contributed by atoms with Gasteiger partial charge in [-0.3, -0.25) is 0 Å². The van der Waals surface area contributed by atoms with E-state index in [1.165, 1.54) is 92.2 Å². The van der Waals surface area contributed by atoms with Crippen LogP contribution in [0.3, 0.4) is 0 Å². The topological polar surface area (TPSA) is 4.93 Å². The quantitative estimate of drug-likeness (QED) is 0.178. The van der Waals surface area contributed by atoms with E-state index in [9.17, 15) is 0 Å². The molecule has 2 aliphatic rings. The molecule has 0 unspecified atom stereocenters. The largest absolute Gasteiger partial charge is 0.309 e. The molecule has 0 saturated carbocycles. The van der Waals surface area contributed by atoms with Crippen molar-refractivity contribution in [1.29, 1.82) is 0 Å². The van der Waals surface area contributed by atoms with Gasteiger partial charge in [0.1, 0.15) is 0 Å². The van der Waals surface area contributed by atoms with E-state index in [1.54, 1.807) is 0 Å². The van der Waals surface area contributed by atoms with Gasteiger partial charge >= 0.3 is 0 Å². The standard InChI is InChI=1S/C45H27NS/c1-2-13-30-27-31(23-21-28(30)11-1)46-39-25-22-29-12-3-4-14-32(29)42(39)43-40(46)26-24-38-44(43)47-41-20-10-9-19-37(41)45(38)35-17-7-5-15-33(35)34-16-6-8-18-36(34)45/h1-27H. The minimum Gasteiger partial charge on any atom is -0.309 e. The van der Waals surface area contributed by atoms with Crippen molar-refractivity contribution < 1.29 is 0 Å². The molecule has 0 bridgehead atoms. The molecule has 1 aliphatic carbocycles. The van der Waals surface area contributed by atoms with E-state index in [-0.39, 0.29) is 0 Å². The number of hydrogen-bond acceptors (Lipinski definition) is 1. The summed E-state index contributed by atoms with van der Waals surface area (Å²) in [6, 6.07) is 61.1. The zero-order valence-corrected chi connectivity index (χ0v) is 26.3. The average Bonchev–Trinajstić information content (AvgIpc) is 3.63. The Morgan fingerprint density at radius 1 is 0.426 bits per heavy atom. The van der Waals surface area contributed by atoms with Crippen LogP contribution >= 0.6 is 11.8 Å². The zero-order valence-electron chi connectivity index (χ0n) is 25.4. The molecule has 2 heteroatoms. The fraction of sp³-hybridized carbons (Fsp3) is 0.0222. The van der Waals surface area contributed by atoms with Crippen LogP contribution in [0.25, 0.3) is 60.2 Å². The summed E-state index contributed by atoms with van der Waals surface area (Å²) in [5, 5.41) is 7.73. The second-order valence-electron chi connectivity index (χ2n) is 12.8. The molecule has 1 nitrogen and oxygen atoms in total. The summed E-state index contributed by atoms with van der Waals surface area (Å²) in [6.07, 6.45) is 0. The lowest BCUT2D eigenvalue weighted by Crippen LogP contribution is -2.32. The molecule has 11 rings (SSSR count). The summed E-state index contributed by atoms with van der Waals surface area (Å²) in [4.78, 5) is 2.68. The summed E-state index contributed by atoms with van der Waals surface area (Å²) < 4.78 is 2.49. The van der Waals surface area contributed by atoms with Gasteiger partial charge in [-0.15, -0.1) is 0 Å². The summed E-state index contributed by atoms with van der Waals surface area (Å²) in [6.45, 7) is 0. The van der Waals surface area contributed by atoms with Crippen LogP contribution in [0.2, 0.25) is 0 Å². The number of benzene rings is 8. The number of aromatic nitrogens is 1. The number of hydrogen-bond donors (Lipinski definition) is 0. The van der Waals surface area contributed by atoms with Crippen molar-refractivity contribution in [1.82, 2.24) is 4.57 Å². The predicted molar refractivity (Wildman–Crippen MR) is 197 cm³/mol. The second kappa shape index (κ2) is 9.25. The van der Waals surface area contributed by atoms with Gasteiger partial charge in [0, 0.05) is 26.3 Å². The molecule has 9 aromatic rings. The molecular formula is C45H27NS. The highest BCUT2D eigenvalue weighted by Crippen LogP contribution is 2.63.